The number of hydrogen-bond acceptors (Lipinski definition) is 6. The highest BCUT2D eigenvalue weighted by Gasteiger charge is 2.60. The van der Waals surface area contributed by atoms with Gasteiger partial charge in [-0.2, -0.15) is 5.10 Å². The van der Waals surface area contributed by atoms with Gasteiger partial charge in [-0.05, 0) is 48.8 Å². The molecule has 2 aromatic rings. The molecule has 1 aromatic carbocycles. The van der Waals surface area contributed by atoms with E-state index in [0.29, 0.717) is 23.1 Å². The maximum atomic E-state index is 12.6. The highest BCUT2D eigenvalue weighted by atomic mass is 32.1. The zero-order chi connectivity index (χ0) is 20.8. The number of thiazole rings is 1. The van der Waals surface area contributed by atoms with Gasteiger partial charge in [0.1, 0.15) is 10.7 Å². The molecule has 2 saturated carbocycles. The van der Waals surface area contributed by atoms with Crippen LogP contribution in [0.4, 0.5) is 0 Å². The molecule has 6 nitrogen and oxygen atoms in total. The number of fused-ring (bicyclic) bond motifs is 2. The molecule has 2 aliphatic rings. The number of aromatic nitrogens is 1. The standard InChI is InChI=1S/C22H27N3O3S/c1-21(2)14-8-9-22(21,3)18(11-14)24-25-19(26)15-12-29-20(23-15)13-6-7-16(27-4)17(10-13)28-5/h6-7,10,12,14H,8-9,11H2,1-5H3,(H,25,26)/b24-18-/t14-,22+/m0/s1. The summed E-state index contributed by atoms with van der Waals surface area (Å²) in [6, 6.07) is 5.59. The number of methoxy groups -OCH3 is 2. The molecule has 2 atom stereocenters. The minimum absolute atomic E-state index is 0.0673. The van der Waals surface area contributed by atoms with Gasteiger partial charge in [0.05, 0.1) is 14.2 Å². The average Bonchev–Trinajstić information content (AvgIpc) is 3.34. The molecule has 4 rings (SSSR count). The largest absolute Gasteiger partial charge is 0.493 e. The Balaban J connectivity index is 1.50. The molecule has 0 aliphatic heterocycles. The zero-order valence-corrected chi connectivity index (χ0v) is 18.4. The van der Waals surface area contributed by atoms with Crippen molar-refractivity contribution in [3.8, 4) is 22.1 Å². The first-order valence-electron chi connectivity index (χ1n) is 9.85. The third kappa shape index (κ3) is 3.12. The Morgan fingerprint density at radius 1 is 1.24 bits per heavy atom. The minimum atomic E-state index is -0.273. The first-order chi connectivity index (χ1) is 13.8. The summed E-state index contributed by atoms with van der Waals surface area (Å²) in [6.07, 6.45) is 3.36. The number of amides is 1. The van der Waals surface area contributed by atoms with Gasteiger partial charge in [0.15, 0.2) is 11.5 Å². The average molecular weight is 414 g/mol. The summed E-state index contributed by atoms with van der Waals surface area (Å²) in [5.41, 5.74) is 5.40. The van der Waals surface area contributed by atoms with Crippen LogP contribution in [-0.4, -0.2) is 30.8 Å². The summed E-state index contributed by atoms with van der Waals surface area (Å²) >= 11 is 1.42. The van der Waals surface area contributed by atoms with E-state index >= 15 is 0 Å². The predicted molar refractivity (Wildman–Crippen MR) is 115 cm³/mol. The number of nitrogens with zero attached hydrogens (tertiary/aromatic N) is 2. The van der Waals surface area contributed by atoms with Gasteiger partial charge in [0.25, 0.3) is 5.91 Å². The second kappa shape index (κ2) is 7.13. The molecule has 0 spiro atoms. The SMILES string of the molecule is COc1ccc(-c2nc(C(=O)N/N=C3/C[C@@H]4CC[C@@]3(C)C4(C)C)cs2)cc1OC. The third-order valence-electron chi connectivity index (χ3n) is 7.17. The van der Waals surface area contributed by atoms with Crippen molar-refractivity contribution >= 4 is 23.0 Å². The highest BCUT2D eigenvalue weighted by Crippen LogP contribution is 2.63. The van der Waals surface area contributed by atoms with Gasteiger partial charge in [-0.1, -0.05) is 20.8 Å². The maximum Gasteiger partial charge on any atom is 0.290 e. The molecule has 29 heavy (non-hydrogen) atoms. The lowest BCUT2D eigenvalue weighted by molar-refractivity contribution is 0.0949. The molecule has 2 bridgehead atoms. The van der Waals surface area contributed by atoms with E-state index in [1.54, 1.807) is 19.6 Å². The fraction of sp³-hybridized carbons (Fsp3) is 0.500. The molecule has 1 heterocycles. The number of nitrogens with one attached hydrogen (secondary N) is 1. The Morgan fingerprint density at radius 3 is 2.62 bits per heavy atom. The van der Waals surface area contributed by atoms with E-state index in [9.17, 15) is 4.79 Å². The minimum Gasteiger partial charge on any atom is -0.493 e. The molecule has 0 radical (unpaired) electrons. The first-order valence-corrected chi connectivity index (χ1v) is 10.7. The van der Waals surface area contributed by atoms with Gasteiger partial charge in [0, 0.05) is 22.1 Å². The van der Waals surface area contributed by atoms with Gasteiger partial charge in [-0.25, -0.2) is 10.4 Å². The normalized spacial score (nSPS) is 26.0. The smallest absolute Gasteiger partial charge is 0.290 e. The van der Waals surface area contributed by atoms with Gasteiger partial charge in [0.2, 0.25) is 0 Å². The van der Waals surface area contributed by atoms with Crippen molar-refractivity contribution in [3.05, 3.63) is 29.3 Å². The van der Waals surface area contributed by atoms with Crippen LogP contribution < -0.4 is 14.9 Å². The van der Waals surface area contributed by atoms with E-state index in [-0.39, 0.29) is 16.7 Å². The Kier molecular flexibility index (Phi) is 4.89. The molecule has 2 fully saturated rings. The summed E-state index contributed by atoms with van der Waals surface area (Å²) in [4.78, 5) is 17.1. The topological polar surface area (TPSA) is 72.8 Å². The van der Waals surface area contributed by atoms with E-state index < -0.39 is 0 Å². The van der Waals surface area contributed by atoms with Crippen molar-refractivity contribution in [2.45, 2.75) is 40.0 Å². The molecule has 1 amide bonds. The molecular weight excluding hydrogens is 386 g/mol. The van der Waals surface area contributed by atoms with Crippen molar-refractivity contribution in [1.29, 1.82) is 0 Å². The van der Waals surface area contributed by atoms with E-state index in [1.807, 2.05) is 18.2 Å². The van der Waals surface area contributed by atoms with Gasteiger partial charge < -0.3 is 9.47 Å². The van der Waals surface area contributed by atoms with E-state index in [2.05, 4.69) is 36.3 Å². The van der Waals surface area contributed by atoms with Crippen molar-refractivity contribution < 1.29 is 14.3 Å². The summed E-state index contributed by atoms with van der Waals surface area (Å²) in [6.45, 7) is 6.93. The van der Waals surface area contributed by atoms with E-state index in [1.165, 1.54) is 17.8 Å². The predicted octanol–water partition coefficient (Wildman–Crippen LogP) is 4.76. The van der Waals surface area contributed by atoms with Crippen LogP contribution in [0.2, 0.25) is 0 Å². The van der Waals surface area contributed by atoms with Crippen LogP contribution in [0.1, 0.15) is 50.5 Å². The van der Waals surface area contributed by atoms with Gasteiger partial charge >= 0.3 is 0 Å². The van der Waals surface area contributed by atoms with Crippen LogP contribution in [0, 0.1) is 16.7 Å². The molecule has 1 aromatic heterocycles. The Hall–Kier alpha value is -2.41. The second-order valence-corrected chi connectivity index (χ2v) is 9.46. The number of benzene rings is 1. The Bertz CT molecular complexity index is 981. The number of hydrazone groups is 1. The highest BCUT2D eigenvalue weighted by molar-refractivity contribution is 7.13. The van der Waals surface area contributed by atoms with Crippen LogP contribution in [0.25, 0.3) is 10.6 Å². The number of carbonyl (C=O) groups is 1. The van der Waals surface area contributed by atoms with Crippen LogP contribution in [0.15, 0.2) is 28.7 Å². The lowest BCUT2D eigenvalue weighted by Crippen LogP contribution is -2.34. The number of ether oxygens (including phenoxy) is 2. The summed E-state index contributed by atoms with van der Waals surface area (Å²) in [5, 5.41) is 7.03. The van der Waals surface area contributed by atoms with Gasteiger partial charge in [-0.15, -0.1) is 11.3 Å². The molecular formula is C22H27N3O3S. The van der Waals surface area contributed by atoms with Gasteiger partial charge in [-0.3, -0.25) is 4.79 Å². The zero-order valence-electron chi connectivity index (χ0n) is 17.5. The van der Waals surface area contributed by atoms with Crippen molar-refractivity contribution in [2.75, 3.05) is 14.2 Å². The van der Waals surface area contributed by atoms with Crippen LogP contribution in [-0.2, 0) is 0 Å². The molecule has 154 valence electrons. The molecule has 0 saturated heterocycles. The summed E-state index contributed by atoms with van der Waals surface area (Å²) < 4.78 is 10.6. The first kappa shape index (κ1) is 19.9. The summed E-state index contributed by atoms with van der Waals surface area (Å²) in [5.74, 6) is 1.66. The fourth-order valence-electron chi connectivity index (χ4n) is 4.75. The molecule has 2 aliphatic carbocycles. The van der Waals surface area contributed by atoms with Crippen molar-refractivity contribution in [3.63, 3.8) is 0 Å². The monoisotopic (exact) mass is 413 g/mol. The van der Waals surface area contributed by atoms with Crippen LogP contribution in [0.3, 0.4) is 0 Å². The van der Waals surface area contributed by atoms with Crippen LogP contribution in [0.5, 0.6) is 11.5 Å². The van der Waals surface area contributed by atoms with E-state index in [0.717, 1.165) is 29.1 Å². The lowest BCUT2D eigenvalue weighted by Gasteiger charge is -2.34. The van der Waals surface area contributed by atoms with Crippen LogP contribution >= 0.6 is 11.3 Å². The Labute approximate surface area is 175 Å². The maximum absolute atomic E-state index is 12.6. The van der Waals surface area contributed by atoms with E-state index in [4.69, 9.17) is 9.47 Å². The third-order valence-corrected chi connectivity index (χ3v) is 8.06. The van der Waals surface area contributed by atoms with Crippen molar-refractivity contribution in [2.24, 2.45) is 21.8 Å². The molecule has 7 heteroatoms. The number of carbonyl (C=O) groups excluding carboxylic acids is 1. The molecule has 1 N–H and O–H groups in total. The second-order valence-electron chi connectivity index (χ2n) is 8.60. The number of rotatable bonds is 5. The van der Waals surface area contributed by atoms with Crippen molar-refractivity contribution in [1.82, 2.24) is 10.4 Å². The summed E-state index contributed by atoms with van der Waals surface area (Å²) in [7, 11) is 3.20. The number of hydrogen-bond donors (Lipinski definition) is 1. The Morgan fingerprint density at radius 2 is 2.00 bits per heavy atom. The quantitative estimate of drug-likeness (QED) is 0.718. The lowest BCUT2D eigenvalue weighted by atomic mass is 9.70. The fourth-order valence-corrected chi connectivity index (χ4v) is 5.55. The molecule has 0 unspecified atom stereocenters.